The fourth-order valence-corrected chi connectivity index (χ4v) is 3.08. The fourth-order valence-electron chi connectivity index (χ4n) is 3.08. The maximum Gasteiger partial charge on any atom is 0.252 e. The van der Waals surface area contributed by atoms with Crippen LogP contribution in [0, 0.1) is 5.82 Å². The first-order valence-electron chi connectivity index (χ1n) is 8.52. The minimum atomic E-state index is -0.656. The number of halogens is 1. The molecule has 0 saturated carbocycles. The highest BCUT2D eigenvalue weighted by Gasteiger charge is 2.28. The molecule has 4 nitrogen and oxygen atoms in total. The monoisotopic (exact) mass is 340 g/mol. The minimum absolute atomic E-state index is 0.0777. The summed E-state index contributed by atoms with van der Waals surface area (Å²) >= 11 is 0. The molecule has 0 unspecified atom stereocenters. The van der Waals surface area contributed by atoms with Gasteiger partial charge in [-0.15, -0.1) is 0 Å². The van der Waals surface area contributed by atoms with Gasteiger partial charge in [-0.05, 0) is 36.6 Å². The lowest BCUT2D eigenvalue weighted by atomic mass is 10.0. The Kier molecular flexibility index (Phi) is 5.43. The van der Waals surface area contributed by atoms with Crippen molar-refractivity contribution in [2.45, 2.75) is 25.3 Å². The molecule has 130 valence electrons. The van der Waals surface area contributed by atoms with Crippen molar-refractivity contribution in [3.05, 3.63) is 71.5 Å². The van der Waals surface area contributed by atoms with Crippen LogP contribution in [0.2, 0.25) is 0 Å². The molecule has 5 heteroatoms. The van der Waals surface area contributed by atoms with Crippen LogP contribution in [-0.4, -0.2) is 35.8 Å². The average molecular weight is 340 g/mol. The smallest absolute Gasteiger partial charge is 0.252 e. The fraction of sp³-hybridized carbons (Fsp3) is 0.300. The van der Waals surface area contributed by atoms with Gasteiger partial charge in [0.15, 0.2) is 0 Å². The predicted octanol–water partition coefficient (Wildman–Crippen LogP) is 2.79. The Labute approximate surface area is 146 Å². The van der Waals surface area contributed by atoms with E-state index in [0.29, 0.717) is 6.42 Å². The molecular weight excluding hydrogens is 319 g/mol. The van der Waals surface area contributed by atoms with Gasteiger partial charge in [-0.2, -0.15) is 0 Å². The normalized spacial score (nSPS) is 15.0. The van der Waals surface area contributed by atoms with Crippen LogP contribution in [0.1, 0.15) is 28.8 Å². The Morgan fingerprint density at radius 2 is 1.76 bits per heavy atom. The standard InChI is InChI=1S/C20H21FN2O2/c21-17-10-6-9-16(14-17)19(24)22-18(13-15-7-2-1-3-8-15)20(25)23-11-4-5-12-23/h1-3,6-10,14,18H,4-5,11-13H2,(H,22,24)/t18-/m0/s1. The van der Waals surface area contributed by atoms with E-state index < -0.39 is 17.8 Å². The van der Waals surface area contributed by atoms with E-state index in [1.165, 1.54) is 18.2 Å². The van der Waals surface area contributed by atoms with Crippen LogP contribution in [0.3, 0.4) is 0 Å². The van der Waals surface area contributed by atoms with Gasteiger partial charge in [0.2, 0.25) is 5.91 Å². The number of amides is 2. The Balaban J connectivity index is 1.77. The van der Waals surface area contributed by atoms with Gasteiger partial charge in [-0.3, -0.25) is 9.59 Å². The summed E-state index contributed by atoms with van der Waals surface area (Å²) in [4.78, 5) is 27.1. The van der Waals surface area contributed by atoms with Crippen LogP contribution in [0.15, 0.2) is 54.6 Å². The summed E-state index contributed by atoms with van der Waals surface area (Å²) < 4.78 is 13.4. The summed E-state index contributed by atoms with van der Waals surface area (Å²) in [7, 11) is 0. The molecule has 1 saturated heterocycles. The number of likely N-dealkylation sites (tertiary alicyclic amines) is 1. The maximum atomic E-state index is 13.4. The molecule has 2 aromatic carbocycles. The van der Waals surface area contributed by atoms with E-state index in [0.717, 1.165) is 31.5 Å². The van der Waals surface area contributed by atoms with Crippen molar-refractivity contribution in [1.29, 1.82) is 0 Å². The molecular formula is C20H21FN2O2. The van der Waals surface area contributed by atoms with Gasteiger partial charge in [0, 0.05) is 25.1 Å². The zero-order chi connectivity index (χ0) is 17.6. The Bertz CT molecular complexity index is 742. The third-order valence-corrected chi connectivity index (χ3v) is 4.39. The van der Waals surface area contributed by atoms with Crippen LogP contribution in [0.4, 0.5) is 4.39 Å². The number of carbonyl (C=O) groups is 2. The largest absolute Gasteiger partial charge is 0.341 e. The summed E-state index contributed by atoms with van der Waals surface area (Å²) in [5, 5.41) is 2.79. The second-order valence-electron chi connectivity index (χ2n) is 6.26. The third-order valence-electron chi connectivity index (χ3n) is 4.39. The van der Waals surface area contributed by atoms with Crippen LogP contribution in [-0.2, 0) is 11.2 Å². The summed E-state index contributed by atoms with van der Waals surface area (Å²) in [6.45, 7) is 1.44. The molecule has 3 rings (SSSR count). The molecule has 1 aliphatic rings. The van der Waals surface area contributed by atoms with Gasteiger partial charge in [0.05, 0.1) is 0 Å². The zero-order valence-corrected chi connectivity index (χ0v) is 14.0. The van der Waals surface area contributed by atoms with Gasteiger partial charge in [0.25, 0.3) is 5.91 Å². The van der Waals surface area contributed by atoms with Crippen molar-refractivity contribution in [1.82, 2.24) is 10.2 Å². The molecule has 2 aromatic rings. The van der Waals surface area contributed by atoms with E-state index in [1.807, 2.05) is 30.3 Å². The van der Waals surface area contributed by atoms with E-state index in [-0.39, 0.29) is 11.5 Å². The lowest BCUT2D eigenvalue weighted by molar-refractivity contribution is -0.132. The predicted molar refractivity (Wildman–Crippen MR) is 93.6 cm³/mol. The molecule has 1 heterocycles. The van der Waals surface area contributed by atoms with E-state index >= 15 is 0 Å². The molecule has 0 aliphatic carbocycles. The minimum Gasteiger partial charge on any atom is -0.341 e. The SMILES string of the molecule is O=C(N[C@@H](Cc1ccccc1)C(=O)N1CCCC1)c1cccc(F)c1. The summed E-state index contributed by atoms with van der Waals surface area (Å²) in [6, 6.07) is 14.4. The highest BCUT2D eigenvalue weighted by atomic mass is 19.1. The van der Waals surface area contributed by atoms with E-state index in [9.17, 15) is 14.0 Å². The molecule has 2 amide bonds. The molecule has 1 aliphatic heterocycles. The van der Waals surface area contributed by atoms with Crippen LogP contribution >= 0.6 is 0 Å². The Morgan fingerprint density at radius 1 is 1.04 bits per heavy atom. The van der Waals surface area contributed by atoms with Gasteiger partial charge >= 0.3 is 0 Å². The highest BCUT2D eigenvalue weighted by molar-refractivity contribution is 5.97. The van der Waals surface area contributed by atoms with Crippen LogP contribution in [0.25, 0.3) is 0 Å². The van der Waals surface area contributed by atoms with Crippen molar-refractivity contribution >= 4 is 11.8 Å². The number of carbonyl (C=O) groups excluding carboxylic acids is 2. The lowest BCUT2D eigenvalue weighted by Gasteiger charge is -2.24. The molecule has 1 fully saturated rings. The molecule has 25 heavy (non-hydrogen) atoms. The molecule has 1 N–H and O–H groups in total. The molecule has 0 bridgehead atoms. The van der Waals surface area contributed by atoms with E-state index in [4.69, 9.17) is 0 Å². The van der Waals surface area contributed by atoms with Crippen LogP contribution in [0.5, 0.6) is 0 Å². The maximum absolute atomic E-state index is 13.4. The molecule has 1 atom stereocenters. The summed E-state index contributed by atoms with van der Waals surface area (Å²) in [6.07, 6.45) is 2.39. The average Bonchev–Trinajstić information content (AvgIpc) is 3.16. The van der Waals surface area contributed by atoms with Gasteiger partial charge in [-0.25, -0.2) is 4.39 Å². The summed E-state index contributed by atoms with van der Waals surface area (Å²) in [5.41, 5.74) is 1.19. The number of nitrogens with one attached hydrogen (secondary N) is 1. The number of rotatable bonds is 5. The molecule has 0 aromatic heterocycles. The van der Waals surface area contributed by atoms with E-state index in [2.05, 4.69) is 5.32 Å². The quantitative estimate of drug-likeness (QED) is 0.910. The van der Waals surface area contributed by atoms with Crippen molar-refractivity contribution in [2.75, 3.05) is 13.1 Å². The Morgan fingerprint density at radius 3 is 2.44 bits per heavy atom. The van der Waals surface area contributed by atoms with Crippen LogP contribution < -0.4 is 5.32 Å². The van der Waals surface area contributed by atoms with Gasteiger partial charge in [0.1, 0.15) is 11.9 Å². The third kappa shape index (κ3) is 4.44. The molecule has 0 spiro atoms. The first kappa shape index (κ1) is 17.1. The van der Waals surface area contributed by atoms with Crippen molar-refractivity contribution in [3.8, 4) is 0 Å². The summed E-state index contributed by atoms with van der Waals surface area (Å²) in [5.74, 6) is -0.989. The lowest BCUT2D eigenvalue weighted by Crippen LogP contribution is -2.49. The number of nitrogens with zero attached hydrogens (tertiary/aromatic N) is 1. The first-order chi connectivity index (χ1) is 12.1. The van der Waals surface area contributed by atoms with Crippen molar-refractivity contribution in [3.63, 3.8) is 0 Å². The van der Waals surface area contributed by atoms with E-state index in [1.54, 1.807) is 11.0 Å². The second kappa shape index (κ2) is 7.92. The number of hydrogen-bond donors (Lipinski definition) is 1. The van der Waals surface area contributed by atoms with Gasteiger partial charge in [-0.1, -0.05) is 36.4 Å². The zero-order valence-electron chi connectivity index (χ0n) is 14.0. The topological polar surface area (TPSA) is 49.4 Å². The Hall–Kier alpha value is -2.69. The molecule has 0 radical (unpaired) electrons. The second-order valence-corrected chi connectivity index (χ2v) is 6.26. The van der Waals surface area contributed by atoms with Gasteiger partial charge < -0.3 is 10.2 Å². The first-order valence-corrected chi connectivity index (χ1v) is 8.52. The number of hydrogen-bond acceptors (Lipinski definition) is 2. The highest BCUT2D eigenvalue weighted by Crippen LogP contribution is 2.13. The number of benzene rings is 2. The van der Waals surface area contributed by atoms with Crippen molar-refractivity contribution < 1.29 is 14.0 Å². The van der Waals surface area contributed by atoms with Crippen molar-refractivity contribution in [2.24, 2.45) is 0 Å².